The topological polar surface area (TPSA) is 89.0 Å². The van der Waals surface area contributed by atoms with E-state index in [1.165, 1.54) is 0 Å². The fourth-order valence-corrected chi connectivity index (χ4v) is 2.59. The summed E-state index contributed by atoms with van der Waals surface area (Å²) in [4.78, 5) is 0. The van der Waals surface area contributed by atoms with Gasteiger partial charge in [-0.3, -0.25) is 0 Å². The second-order valence-electron chi connectivity index (χ2n) is 5.27. The minimum atomic E-state index is -0.518. The molecule has 6 nitrogen and oxygen atoms in total. The highest BCUT2D eigenvalue weighted by molar-refractivity contribution is 5.47. The number of hydrogen-bond acceptors (Lipinski definition) is 6. The molecule has 0 amide bonds. The first-order chi connectivity index (χ1) is 11.5. The van der Waals surface area contributed by atoms with Gasteiger partial charge in [0.15, 0.2) is 0 Å². The highest BCUT2D eigenvalue weighted by atomic mass is 16.5. The van der Waals surface area contributed by atoms with Crippen LogP contribution in [0.4, 0.5) is 0 Å². The van der Waals surface area contributed by atoms with Gasteiger partial charge in [0, 0.05) is 11.1 Å². The average molecular weight is 332 g/mol. The van der Waals surface area contributed by atoms with E-state index in [9.17, 15) is 0 Å². The smallest absolute Gasteiger partial charge is 0.123 e. The normalized spacial score (nSPS) is 13.1. The van der Waals surface area contributed by atoms with Crippen molar-refractivity contribution >= 4 is 0 Å². The van der Waals surface area contributed by atoms with Gasteiger partial charge in [-0.15, -0.1) is 0 Å². The Morgan fingerprint density at radius 3 is 1.29 bits per heavy atom. The lowest BCUT2D eigenvalue weighted by Gasteiger charge is -2.24. The van der Waals surface area contributed by atoms with Gasteiger partial charge in [-0.05, 0) is 36.4 Å². The van der Waals surface area contributed by atoms with Crippen LogP contribution in [0.2, 0.25) is 0 Å². The van der Waals surface area contributed by atoms with Crippen LogP contribution in [0.1, 0.15) is 23.2 Å². The van der Waals surface area contributed by atoms with Crippen LogP contribution >= 0.6 is 0 Å². The summed E-state index contributed by atoms with van der Waals surface area (Å²) in [5.74, 6) is 2.68. The first kappa shape index (κ1) is 17.9. The second-order valence-corrected chi connectivity index (χ2v) is 5.27. The molecule has 2 atom stereocenters. The number of hydrogen-bond donors (Lipinski definition) is 2. The molecule has 2 aromatic rings. The molecule has 0 bridgehead atoms. The van der Waals surface area contributed by atoms with Crippen molar-refractivity contribution in [1.82, 2.24) is 0 Å². The van der Waals surface area contributed by atoms with Crippen LogP contribution < -0.4 is 30.4 Å². The predicted octanol–water partition coefficient (Wildman–Crippen LogP) is 2.42. The summed E-state index contributed by atoms with van der Waals surface area (Å²) in [5.41, 5.74) is 14.4. The Labute approximate surface area is 142 Å². The van der Waals surface area contributed by atoms with E-state index < -0.39 is 12.1 Å². The highest BCUT2D eigenvalue weighted by Gasteiger charge is 2.24. The number of methoxy groups -OCH3 is 4. The molecule has 0 spiro atoms. The van der Waals surface area contributed by atoms with Gasteiger partial charge in [0.2, 0.25) is 0 Å². The van der Waals surface area contributed by atoms with Gasteiger partial charge in [0.25, 0.3) is 0 Å². The molecule has 0 aliphatic rings. The third-order valence-electron chi connectivity index (χ3n) is 3.98. The second kappa shape index (κ2) is 7.90. The van der Waals surface area contributed by atoms with E-state index in [4.69, 9.17) is 30.4 Å². The zero-order chi connectivity index (χ0) is 17.7. The molecule has 2 rings (SSSR count). The number of benzene rings is 2. The van der Waals surface area contributed by atoms with E-state index in [2.05, 4.69) is 0 Å². The zero-order valence-corrected chi connectivity index (χ0v) is 14.4. The van der Waals surface area contributed by atoms with E-state index in [-0.39, 0.29) is 0 Å². The number of rotatable bonds is 7. The zero-order valence-electron chi connectivity index (χ0n) is 14.4. The van der Waals surface area contributed by atoms with Crippen LogP contribution in [-0.4, -0.2) is 28.4 Å². The molecular weight excluding hydrogens is 308 g/mol. The van der Waals surface area contributed by atoms with Crippen molar-refractivity contribution in [2.45, 2.75) is 12.1 Å². The average Bonchev–Trinajstić information content (AvgIpc) is 2.65. The molecule has 0 unspecified atom stereocenters. The van der Waals surface area contributed by atoms with E-state index in [1.54, 1.807) is 28.4 Å². The van der Waals surface area contributed by atoms with Gasteiger partial charge in [-0.1, -0.05) is 0 Å². The van der Waals surface area contributed by atoms with Gasteiger partial charge in [-0.2, -0.15) is 0 Å². The minimum Gasteiger partial charge on any atom is -0.497 e. The molecule has 130 valence electrons. The Morgan fingerprint density at radius 2 is 1.00 bits per heavy atom. The Balaban J connectivity index is 2.44. The molecule has 0 saturated carbocycles. The van der Waals surface area contributed by atoms with Crippen LogP contribution in [0.5, 0.6) is 23.0 Å². The lowest BCUT2D eigenvalue weighted by Crippen LogP contribution is -2.27. The predicted molar refractivity (Wildman–Crippen MR) is 92.9 cm³/mol. The van der Waals surface area contributed by atoms with Crippen LogP contribution in [0.25, 0.3) is 0 Å². The quantitative estimate of drug-likeness (QED) is 0.809. The SMILES string of the molecule is COc1ccc(OC)c([C@@H](N)[C@H](N)c2cc(OC)ccc2OC)c1. The van der Waals surface area contributed by atoms with Crippen molar-refractivity contribution in [3.8, 4) is 23.0 Å². The van der Waals surface area contributed by atoms with Gasteiger partial charge in [0.05, 0.1) is 40.5 Å². The van der Waals surface area contributed by atoms with E-state index in [0.29, 0.717) is 23.0 Å². The van der Waals surface area contributed by atoms with E-state index in [0.717, 1.165) is 11.1 Å². The van der Waals surface area contributed by atoms with Crippen molar-refractivity contribution in [2.24, 2.45) is 11.5 Å². The first-order valence-corrected chi connectivity index (χ1v) is 7.50. The van der Waals surface area contributed by atoms with Crippen LogP contribution in [-0.2, 0) is 0 Å². The van der Waals surface area contributed by atoms with Crippen molar-refractivity contribution in [3.05, 3.63) is 47.5 Å². The summed E-state index contributed by atoms with van der Waals surface area (Å²) in [5, 5.41) is 0. The summed E-state index contributed by atoms with van der Waals surface area (Å²) in [6.07, 6.45) is 0. The standard InChI is InChI=1S/C18H24N2O4/c1-21-11-5-7-15(23-3)13(9-11)17(19)18(20)14-10-12(22-2)6-8-16(14)24-4/h5-10,17-18H,19-20H2,1-4H3/t17-,18-/m1/s1. The summed E-state index contributed by atoms with van der Waals surface area (Å²) in [7, 11) is 6.38. The van der Waals surface area contributed by atoms with Crippen molar-refractivity contribution in [1.29, 1.82) is 0 Å². The molecule has 0 fully saturated rings. The maximum Gasteiger partial charge on any atom is 0.123 e. The summed E-state index contributed by atoms with van der Waals surface area (Å²) in [6, 6.07) is 9.87. The molecule has 0 aromatic heterocycles. The fraction of sp³-hybridized carbons (Fsp3) is 0.333. The van der Waals surface area contributed by atoms with Gasteiger partial charge < -0.3 is 30.4 Å². The third kappa shape index (κ3) is 3.55. The Kier molecular flexibility index (Phi) is 5.89. The Morgan fingerprint density at radius 1 is 0.625 bits per heavy atom. The molecule has 0 aliphatic heterocycles. The largest absolute Gasteiger partial charge is 0.497 e. The molecule has 0 radical (unpaired) electrons. The summed E-state index contributed by atoms with van der Waals surface area (Å²) >= 11 is 0. The maximum atomic E-state index is 6.43. The van der Waals surface area contributed by atoms with Gasteiger partial charge in [-0.25, -0.2) is 0 Å². The minimum absolute atomic E-state index is 0.518. The molecule has 6 heteroatoms. The number of nitrogens with two attached hydrogens (primary N) is 2. The summed E-state index contributed by atoms with van der Waals surface area (Å²) in [6.45, 7) is 0. The Hall–Kier alpha value is -2.44. The van der Waals surface area contributed by atoms with Crippen molar-refractivity contribution in [2.75, 3.05) is 28.4 Å². The van der Waals surface area contributed by atoms with Crippen molar-refractivity contribution in [3.63, 3.8) is 0 Å². The summed E-state index contributed by atoms with van der Waals surface area (Å²) < 4.78 is 21.4. The molecular formula is C18H24N2O4. The Bertz CT molecular complexity index is 631. The number of ether oxygens (including phenoxy) is 4. The van der Waals surface area contributed by atoms with Crippen LogP contribution in [0.15, 0.2) is 36.4 Å². The van der Waals surface area contributed by atoms with Crippen molar-refractivity contribution < 1.29 is 18.9 Å². The lowest BCUT2D eigenvalue weighted by molar-refractivity contribution is 0.382. The molecule has 4 N–H and O–H groups in total. The molecule has 0 heterocycles. The first-order valence-electron chi connectivity index (χ1n) is 7.50. The van der Waals surface area contributed by atoms with E-state index >= 15 is 0 Å². The highest BCUT2D eigenvalue weighted by Crippen LogP contribution is 2.37. The van der Waals surface area contributed by atoms with Gasteiger partial charge in [0.1, 0.15) is 23.0 Å². The van der Waals surface area contributed by atoms with Gasteiger partial charge >= 0.3 is 0 Å². The molecule has 0 saturated heterocycles. The maximum absolute atomic E-state index is 6.43. The van der Waals surface area contributed by atoms with Crippen LogP contribution in [0.3, 0.4) is 0 Å². The molecule has 2 aromatic carbocycles. The van der Waals surface area contributed by atoms with E-state index in [1.807, 2.05) is 36.4 Å². The molecule has 24 heavy (non-hydrogen) atoms. The lowest BCUT2D eigenvalue weighted by atomic mass is 9.93. The fourth-order valence-electron chi connectivity index (χ4n) is 2.59. The molecule has 0 aliphatic carbocycles. The van der Waals surface area contributed by atoms with Crippen LogP contribution in [0, 0.1) is 0 Å². The monoisotopic (exact) mass is 332 g/mol. The third-order valence-corrected chi connectivity index (χ3v) is 3.98.